The topological polar surface area (TPSA) is 37.6 Å². The number of furan rings is 1. The van der Waals surface area contributed by atoms with Crippen molar-refractivity contribution in [1.29, 1.82) is 0 Å². The number of nitrogens with zero attached hydrogens (tertiary/aromatic N) is 1. The van der Waals surface area contributed by atoms with Crippen molar-refractivity contribution in [3.63, 3.8) is 0 Å². The van der Waals surface area contributed by atoms with Crippen LogP contribution in [0.4, 0.5) is 0 Å². The van der Waals surface area contributed by atoms with Gasteiger partial charge in [-0.05, 0) is 51.3 Å². The molecule has 0 radical (unpaired) electrons. The van der Waals surface area contributed by atoms with Crippen molar-refractivity contribution in [2.45, 2.75) is 46.2 Å². The number of likely N-dealkylation sites (tertiary alicyclic amines) is 1. The molecule has 4 nitrogen and oxygen atoms in total. The lowest BCUT2D eigenvalue weighted by Gasteiger charge is -2.32. The van der Waals surface area contributed by atoms with Gasteiger partial charge in [0.25, 0.3) is 0 Å². The second-order valence-corrected chi connectivity index (χ2v) is 6.17. The van der Waals surface area contributed by atoms with E-state index in [0.717, 1.165) is 50.7 Å². The minimum atomic E-state index is 0.682. The van der Waals surface area contributed by atoms with Crippen molar-refractivity contribution in [2.75, 3.05) is 33.4 Å². The summed E-state index contributed by atoms with van der Waals surface area (Å²) >= 11 is 0. The van der Waals surface area contributed by atoms with E-state index >= 15 is 0 Å². The molecule has 0 saturated carbocycles. The van der Waals surface area contributed by atoms with Crippen LogP contribution in [0.3, 0.4) is 0 Å². The highest BCUT2D eigenvalue weighted by Crippen LogP contribution is 2.22. The van der Waals surface area contributed by atoms with E-state index in [2.05, 4.69) is 30.1 Å². The second kappa shape index (κ2) is 8.57. The van der Waals surface area contributed by atoms with Gasteiger partial charge in [0.05, 0.1) is 13.2 Å². The highest BCUT2D eigenvalue weighted by molar-refractivity contribution is 5.20. The summed E-state index contributed by atoms with van der Waals surface area (Å²) in [4.78, 5) is 2.54. The third-order valence-corrected chi connectivity index (χ3v) is 4.20. The van der Waals surface area contributed by atoms with Gasteiger partial charge in [0.15, 0.2) is 0 Å². The van der Waals surface area contributed by atoms with Crippen LogP contribution in [0, 0.1) is 12.8 Å². The van der Waals surface area contributed by atoms with Gasteiger partial charge >= 0.3 is 0 Å². The first-order chi connectivity index (χ1) is 10.2. The molecule has 1 aliphatic heterocycles. The number of aryl methyl sites for hydroxylation is 1. The molecule has 0 aliphatic carbocycles. The van der Waals surface area contributed by atoms with Gasteiger partial charge in [-0.2, -0.15) is 0 Å². The molecule has 1 aliphatic rings. The minimum absolute atomic E-state index is 0.682. The Morgan fingerprint density at radius 3 is 3.10 bits per heavy atom. The first-order valence-electron chi connectivity index (χ1n) is 8.23. The number of hydrogen-bond donors (Lipinski definition) is 1. The average molecular weight is 294 g/mol. The maximum Gasteiger partial charge on any atom is 0.118 e. The van der Waals surface area contributed by atoms with Crippen molar-refractivity contribution in [2.24, 2.45) is 5.92 Å². The average Bonchev–Trinajstić information content (AvgIpc) is 2.80. The summed E-state index contributed by atoms with van der Waals surface area (Å²) < 4.78 is 11.2. The molecule has 0 amide bonds. The molecule has 1 aromatic heterocycles. The Hall–Kier alpha value is -0.840. The first-order valence-corrected chi connectivity index (χ1v) is 8.23. The van der Waals surface area contributed by atoms with Gasteiger partial charge in [-0.25, -0.2) is 0 Å². The van der Waals surface area contributed by atoms with E-state index in [-0.39, 0.29) is 0 Å². The van der Waals surface area contributed by atoms with Gasteiger partial charge in [-0.3, -0.25) is 4.90 Å². The fourth-order valence-corrected chi connectivity index (χ4v) is 3.13. The predicted octanol–water partition coefficient (Wildman–Crippen LogP) is 2.95. The summed E-state index contributed by atoms with van der Waals surface area (Å²) in [5.41, 5.74) is 1.33. The van der Waals surface area contributed by atoms with E-state index < -0.39 is 0 Å². The summed E-state index contributed by atoms with van der Waals surface area (Å²) in [6.07, 6.45) is 3.72. The van der Waals surface area contributed by atoms with E-state index in [4.69, 9.17) is 9.15 Å². The third kappa shape index (κ3) is 5.13. The molecular weight excluding hydrogens is 264 g/mol. The maximum absolute atomic E-state index is 5.86. The lowest BCUT2D eigenvalue weighted by molar-refractivity contribution is 0.0872. The van der Waals surface area contributed by atoms with Crippen LogP contribution in [0.1, 0.15) is 43.3 Å². The van der Waals surface area contributed by atoms with Crippen LogP contribution in [0.25, 0.3) is 0 Å². The predicted molar refractivity (Wildman–Crippen MR) is 85.3 cm³/mol. The molecule has 4 heteroatoms. The first kappa shape index (κ1) is 16.5. The van der Waals surface area contributed by atoms with E-state index in [9.17, 15) is 0 Å². The van der Waals surface area contributed by atoms with Crippen molar-refractivity contribution in [3.05, 3.63) is 23.2 Å². The Kier molecular flexibility index (Phi) is 6.74. The highest BCUT2D eigenvalue weighted by atomic mass is 16.5. The van der Waals surface area contributed by atoms with Gasteiger partial charge < -0.3 is 14.5 Å². The van der Waals surface area contributed by atoms with Crippen LogP contribution < -0.4 is 5.32 Å². The smallest absolute Gasteiger partial charge is 0.118 e. The number of ether oxygens (including phenoxy) is 1. The molecule has 0 aromatic carbocycles. The zero-order valence-corrected chi connectivity index (χ0v) is 13.8. The number of methoxy groups -OCH3 is 1. The van der Waals surface area contributed by atoms with Crippen LogP contribution in [0.2, 0.25) is 0 Å². The Bertz CT molecular complexity index is 415. The van der Waals surface area contributed by atoms with Crippen molar-refractivity contribution in [1.82, 2.24) is 10.2 Å². The Labute approximate surface area is 128 Å². The molecule has 1 aromatic rings. The molecule has 1 unspecified atom stereocenters. The van der Waals surface area contributed by atoms with Gasteiger partial charge in [0.1, 0.15) is 11.5 Å². The zero-order valence-electron chi connectivity index (χ0n) is 13.8. The fraction of sp³-hybridized carbons (Fsp3) is 0.765. The molecule has 2 heterocycles. The van der Waals surface area contributed by atoms with E-state index in [1.807, 2.05) is 0 Å². The third-order valence-electron chi connectivity index (χ3n) is 4.20. The molecule has 1 N–H and O–H groups in total. The Morgan fingerprint density at radius 1 is 1.48 bits per heavy atom. The molecule has 120 valence electrons. The maximum atomic E-state index is 5.86. The number of hydrogen-bond acceptors (Lipinski definition) is 4. The highest BCUT2D eigenvalue weighted by Gasteiger charge is 2.21. The standard InChI is InChI=1S/C17H30N2O2/c1-4-7-18-10-17-9-16(14(2)21-17)12-19-8-5-6-15(11-19)13-20-3/h9,15,18H,4-8,10-13H2,1-3H3. The van der Waals surface area contributed by atoms with Gasteiger partial charge in [-0.15, -0.1) is 0 Å². The summed E-state index contributed by atoms with van der Waals surface area (Å²) in [7, 11) is 1.80. The van der Waals surface area contributed by atoms with E-state index in [0.29, 0.717) is 5.92 Å². The zero-order chi connectivity index (χ0) is 15.1. The fourth-order valence-electron chi connectivity index (χ4n) is 3.13. The van der Waals surface area contributed by atoms with Crippen LogP contribution in [0.15, 0.2) is 10.5 Å². The summed E-state index contributed by atoms with van der Waals surface area (Å²) in [5, 5.41) is 3.40. The van der Waals surface area contributed by atoms with Crippen LogP contribution in [-0.4, -0.2) is 38.3 Å². The van der Waals surface area contributed by atoms with Gasteiger partial charge in [0, 0.05) is 25.8 Å². The van der Waals surface area contributed by atoms with Crippen LogP contribution in [0.5, 0.6) is 0 Å². The van der Waals surface area contributed by atoms with Gasteiger partial charge in [0.2, 0.25) is 0 Å². The summed E-state index contributed by atoms with van der Waals surface area (Å²) in [6.45, 7) is 10.3. The minimum Gasteiger partial charge on any atom is -0.465 e. The molecule has 0 bridgehead atoms. The molecule has 1 atom stereocenters. The lowest BCUT2D eigenvalue weighted by atomic mass is 9.98. The summed E-state index contributed by atoms with van der Waals surface area (Å²) in [5.74, 6) is 2.81. The number of nitrogens with one attached hydrogen (secondary N) is 1. The monoisotopic (exact) mass is 294 g/mol. The lowest BCUT2D eigenvalue weighted by Crippen LogP contribution is -2.36. The quantitative estimate of drug-likeness (QED) is 0.748. The van der Waals surface area contributed by atoms with E-state index in [1.165, 1.54) is 24.9 Å². The molecule has 21 heavy (non-hydrogen) atoms. The molecule has 1 fully saturated rings. The molecular formula is C17H30N2O2. The number of piperidine rings is 1. The Balaban J connectivity index is 1.86. The number of rotatable bonds is 8. The van der Waals surface area contributed by atoms with E-state index in [1.54, 1.807) is 7.11 Å². The summed E-state index contributed by atoms with van der Waals surface area (Å²) in [6, 6.07) is 2.22. The molecule has 0 spiro atoms. The molecule has 2 rings (SSSR count). The van der Waals surface area contributed by atoms with Crippen LogP contribution >= 0.6 is 0 Å². The Morgan fingerprint density at radius 2 is 2.33 bits per heavy atom. The van der Waals surface area contributed by atoms with Crippen molar-refractivity contribution < 1.29 is 9.15 Å². The molecule has 1 saturated heterocycles. The normalized spacial score (nSPS) is 20.0. The van der Waals surface area contributed by atoms with Crippen molar-refractivity contribution in [3.8, 4) is 0 Å². The van der Waals surface area contributed by atoms with Gasteiger partial charge in [-0.1, -0.05) is 6.92 Å². The van der Waals surface area contributed by atoms with Crippen LogP contribution in [-0.2, 0) is 17.8 Å². The largest absolute Gasteiger partial charge is 0.465 e. The second-order valence-electron chi connectivity index (χ2n) is 6.17. The van der Waals surface area contributed by atoms with Crippen molar-refractivity contribution >= 4 is 0 Å². The SMILES string of the molecule is CCCNCc1cc(CN2CCCC(COC)C2)c(C)o1.